The molecule has 6 nitrogen and oxygen atoms in total. The van der Waals surface area contributed by atoms with Gasteiger partial charge in [-0.05, 0) is 30.9 Å². The Balaban J connectivity index is 1.94. The number of hydrogen-bond donors (Lipinski definition) is 3. The van der Waals surface area contributed by atoms with E-state index in [0.717, 1.165) is 31.7 Å². The van der Waals surface area contributed by atoms with Crippen LogP contribution in [-0.4, -0.2) is 24.0 Å². The van der Waals surface area contributed by atoms with E-state index in [1.807, 2.05) is 18.2 Å². The van der Waals surface area contributed by atoms with Gasteiger partial charge in [-0.3, -0.25) is 4.79 Å². The fourth-order valence-corrected chi connectivity index (χ4v) is 2.33. The van der Waals surface area contributed by atoms with E-state index in [9.17, 15) is 4.79 Å². The monoisotopic (exact) mass is 249 g/mol. The summed E-state index contributed by atoms with van der Waals surface area (Å²) < 4.78 is 0. The van der Waals surface area contributed by atoms with Crippen molar-refractivity contribution in [1.82, 2.24) is 4.98 Å². The van der Waals surface area contributed by atoms with Gasteiger partial charge >= 0.3 is 0 Å². The van der Waals surface area contributed by atoms with Crippen LogP contribution >= 0.6 is 0 Å². The molecule has 1 saturated heterocycles. The second-order valence-corrected chi connectivity index (χ2v) is 4.63. The zero-order valence-electron chi connectivity index (χ0n) is 10.3. The van der Waals surface area contributed by atoms with Gasteiger partial charge in [-0.25, -0.2) is 10.8 Å². The number of aromatic nitrogens is 1. The molecule has 5 N–H and O–H groups in total. The zero-order valence-corrected chi connectivity index (χ0v) is 10.3. The van der Waals surface area contributed by atoms with Gasteiger partial charge in [0.25, 0.3) is 0 Å². The average molecular weight is 249 g/mol. The second-order valence-electron chi connectivity index (χ2n) is 4.63. The van der Waals surface area contributed by atoms with E-state index in [0.29, 0.717) is 18.2 Å². The maximum Gasteiger partial charge on any atom is 0.217 e. The van der Waals surface area contributed by atoms with Crippen molar-refractivity contribution < 1.29 is 4.79 Å². The number of nitrogens with two attached hydrogens (primary N) is 2. The lowest BCUT2D eigenvalue weighted by Gasteiger charge is -2.32. The normalized spacial score (nSPS) is 16.6. The largest absolute Gasteiger partial charge is 0.370 e. The van der Waals surface area contributed by atoms with Crippen LogP contribution in [0.3, 0.4) is 0 Å². The van der Waals surface area contributed by atoms with Crippen molar-refractivity contribution in [3.05, 3.63) is 18.2 Å². The molecule has 98 valence electrons. The summed E-state index contributed by atoms with van der Waals surface area (Å²) in [6.07, 6.45) is 2.45. The van der Waals surface area contributed by atoms with Crippen LogP contribution in [0.2, 0.25) is 0 Å². The highest BCUT2D eigenvalue weighted by Gasteiger charge is 2.21. The third-order valence-corrected chi connectivity index (χ3v) is 3.31. The van der Waals surface area contributed by atoms with Crippen molar-refractivity contribution >= 4 is 17.5 Å². The van der Waals surface area contributed by atoms with Crippen molar-refractivity contribution in [2.75, 3.05) is 23.4 Å². The first kappa shape index (κ1) is 12.6. The molecular formula is C12H19N5O. The Kier molecular flexibility index (Phi) is 3.99. The van der Waals surface area contributed by atoms with Gasteiger partial charge in [0.15, 0.2) is 0 Å². The SMILES string of the molecule is NNc1cccc(N2CCC(CC(N)=O)CC2)n1. The first-order valence-electron chi connectivity index (χ1n) is 6.16. The Morgan fingerprint density at radius 2 is 2.17 bits per heavy atom. The van der Waals surface area contributed by atoms with Gasteiger partial charge in [-0.1, -0.05) is 6.07 Å². The number of rotatable bonds is 4. The van der Waals surface area contributed by atoms with Crippen molar-refractivity contribution in [1.29, 1.82) is 0 Å². The number of primary amides is 1. The number of nitrogens with zero attached hydrogens (tertiary/aromatic N) is 2. The Bertz CT molecular complexity index is 415. The lowest BCUT2D eigenvalue weighted by atomic mass is 9.93. The molecule has 0 unspecified atom stereocenters. The van der Waals surface area contributed by atoms with Crippen LogP contribution in [-0.2, 0) is 4.79 Å². The Labute approximate surface area is 106 Å². The van der Waals surface area contributed by atoms with E-state index in [-0.39, 0.29) is 5.91 Å². The predicted octanol–water partition coefficient (Wildman–Crippen LogP) is 0.459. The van der Waals surface area contributed by atoms with Crippen LogP contribution in [0, 0.1) is 5.92 Å². The summed E-state index contributed by atoms with van der Waals surface area (Å²) in [5.41, 5.74) is 7.76. The van der Waals surface area contributed by atoms with Crippen LogP contribution in [0.25, 0.3) is 0 Å². The van der Waals surface area contributed by atoms with Gasteiger partial charge in [0.1, 0.15) is 11.6 Å². The average Bonchev–Trinajstić information content (AvgIpc) is 2.39. The second kappa shape index (κ2) is 5.68. The molecule has 0 radical (unpaired) electrons. The minimum absolute atomic E-state index is 0.207. The first-order valence-corrected chi connectivity index (χ1v) is 6.16. The van der Waals surface area contributed by atoms with Crippen LogP contribution in [0.5, 0.6) is 0 Å². The quantitative estimate of drug-likeness (QED) is 0.532. The van der Waals surface area contributed by atoms with Gasteiger partial charge < -0.3 is 16.1 Å². The minimum atomic E-state index is -0.207. The third kappa shape index (κ3) is 3.10. The molecule has 2 rings (SSSR count). The highest BCUT2D eigenvalue weighted by atomic mass is 16.1. The smallest absolute Gasteiger partial charge is 0.217 e. The van der Waals surface area contributed by atoms with Crippen LogP contribution < -0.4 is 21.9 Å². The molecule has 0 saturated carbocycles. The number of hydrazine groups is 1. The number of nitrogens with one attached hydrogen (secondary N) is 1. The van der Waals surface area contributed by atoms with E-state index >= 15 is 0 Å². The van der Waals surface area contributed by atoms with Crippen LogP contribution in [0.1, 0.15) is 19.3 Å². The molecule has 18 heavy (non-hydrogen) atoms. The molecule has 1 aliphatic heterocycles. The van der Waals surface area contributed by atoms with E-state index in [4.69, 9.17) is 11.6 Å². The fourth-order valence-electron chi connectivity index (χ4n) is 2.33. The number of carbonyl (C=O) groups is 1. The predicted molar refractivity (Wildman–Crippen MR) is 70.8 cm³/mol. The molecular weight excluding hydrogens is 230 g/mol. The summed E-state index contributed by atoms with van der Waals surface area (Å²) in [5.74, 6) is 7.13. The van der Waals surface area contributed by atoms with E-state index < -0.39 is 0 Å². The molecule has 1 aliphatic rings. The topological polar surface area (TPSA) is 97.3 Å². The lowest BCUT2D eigenvalue weighted by molar-refractivity contribution is -0.119. The lowest BCUT2D eigenvalue weighted by Crippen LogP contribution is -2.35. The molecule has 1 fully saturated rings. The molecule has 1 amide bonds. The fraction of sp³-hybridized carbons (Fsp3) is 0.500. The number of piperidine rings is 1. The number of pyridine rings is 1. The molecule has 0 aliphatic carbocycles. The number of amides is 1. The molecule has 6 heteroatoms. The van der Waals surface area contributed by atoms with Crippen molar-refractivity contribution in [3.8, 4) is 0 Å². The van der Waals surface area contributed by atoms with Crippen LogP contribution in [0.15, 0.2) is 18.2 Å². The van der Waals surface area contributed by atoms with Gasteiger partial charge in [0.2, 0.25) is 5.91 Å². The summed E-state index contributed by atoms with van der Waals surface area (Å²) in [4.78, 5) is 17.5. The summed E-state index contributed by atoms with van der Waals surface area (Å²) >= 11 is 0. The third-order valence-electron chi connectivity index (χ3n) is 3.31. The maximum absolute atomic E-state index is 10.9. The first-order chi connectivity index (χ1) is 8.69. The Morgan fingerprint density at radius 3 is 2.78 bits per heavy atom. The van der Waals surface area contributed by atoms with Crippen LogP contribution in [0.4, 0.5) is 11.6 Å². The number of hydrogen-bond acceptors (Lipinski definition) is 5. The summed E-state index contributed by atoms with van der Waals surface area (Å²) in [5, 5.41) is 0. The molecule has 1 aromatic rings. The van der Waals surface area contributed by atoms with Crippen molar-refractivity contribution in [2.45, 2.75) is 19.3 Å². The van der Waals surface area contributed by atoms with Gasteiger partial charge in [-0.2, -0.15) is 0 Å². The highest BCUT2D eigenvalue weighted by Crippen LogP contribution is 2.24. The van der Waals surface area contributed by atoms with E-state index in [1.165, 1.54) is 0 Å². The molecule has 0 bridgehead atoms. The van der Waals surface area contributed by atoms with E-state index in [1.54, 1.807) is 0 Å². The van der Waals surface area contributed by atoms with Gasteiger partial charge in [0.05, 0.1) is 0 Å². The maximum atomic E-state index is 10.9. The summed E-state index contributed by atoms with van der Waals surface area (Å²) in [6.45, 7) is 1.80. The summed E-state index contributed by atoms with van der Waals surface area (Å²) in [7, 11) is 0. The highest BCUT2D eigenvalue weighted by molar-refractivity contribution is 5.74. The molecule has 1 aromatic heterocycles. The molecule has 0 aromatic carbocycles. The molecule has 0 spiro atoms. The zero-order chi connectivity index (χ0) is 13.0. The molecule has 0 atom stereocenters. The van der Waals surface area contributed by atoms with Crippen molar-refractivity contribution in [3.63, 3.8) is 0 Å². The summed E-state index contributed by atoms with van der Waals surface area (Å²) in [6, 6.07) is 5.71. The molecule has 2 heterocycles. The Morgan fingerprint density at radius 1 is 1.44 bits per heavy atom. The van der Waals surface area contributed by atoms with E-state index in [2.05, 4.69) is 15.3 Å². The minimum Gasteiger partial charge on any atom is -0.370 e. The van der Waals surface area contributed by atoms with Crippen molar-refractivity contribution in [2.24, 2.45) is 17.5 Å². The van der Waals surface area contributed by atoms with Gasteiger partial charge in [-0.15, -0.1) is 0 Å². The standard InChI is InChI=1S/C12H19N5O/c13-10(18)8-9-4-6-17(7-5-9)12-3-1-2-11(15-12)16-14/h1-3,9H,4-8,14H2,(H2,13,18)(H,15,16). The Hall–Kier alpha value is -1.82. The number of anilines is 2. The number of carbonyl (C=O) groups excluding carboxylic acids is 1. The number of nitrogen functional groups attached to an aromatic ring is 1. The van der Waals surface area contributed by atoms with Gasteiger partial charge in [0, 0.05) is 19.5 Å².